The summed E-state index contributed by atoms with van der Waals surface area (Å²) >= 11 is 5.54. The standard InChI is InChI=1S/C11H7ClF3N3/c12-9-5-6-10(18-17-9)16-8-4-2-1-3-7(8)11(13,14)15/h1-6H,(H,16,18). The fraction of sp³-hybridized carbons (Fsp3) is 0.0909. The number of para-hydroxylation sites is 1. The summed E-state index contributed by atoms with van der Waals surface area (Å²) in [7, 11) is 0. The molecule has 0 aliphatic heterocycles. The van der Waals surface area contributed by atoms with Crippen molar-refractivity contribution in [1.82, 2.24) is 10.2 Å². The minimum atomic E-state index is -4.43. The lowest BCUT2D eigenvalue weighted by molar-refractivity contribution is -0.136. The summed E-state index contributed by atoms with van der Waals surface area (Å²) in [6.07, 6.45) is -4.43. The lowest BCUT2D eigenvalue weighted by Gasteiger charge is -2.13. The number of halogens is 4. The van der Waals surface area contributed by atoms with E-state index in [0.717, 1.165) is 6.07 Å². The number of nitrogens with zero attached hydrogens (tertiary/aromatic N) is 2. The van der Waals surface area contributed by atoms with Gasteiger partial charge < -0.3 is 5.32 Å². The molecule has 18 heavy (non-hydrogen) atoms. The number of benzene rings is 1. The first-order chi connectivity index (χ1) is 8.47. The van der Waals surface area contributed by atoms with Gasteiger partial charge in [0, 0.05) is 0 Å². The Hall–Kier alpha value is -1.82. The fourth-order valence-corrected chi connectivity index (χ4v) is 1.46. The van der Waals surface area contributed by atoms with Gasteiger partial charge in [0.15, 0.2) is 11.0 Å². The second kappa shape index (κ2) is 4.81. The van der Waals surface area contributed by atoms with Crippen LogP contribution in [-0.2, 0) is 6.18 Å². The van der Waals surface area contributed by atoms with Gasteiger partial charge in [0.2, 0.25) is 0 Å². The van der Waals surface area contributed by atoms with Crippen molar-refractivity contribution in [3.8, 4) is 0 Å². The van der Waals surface area contributed by atoms with Gasteiger partial charge in [-0.2, -0.15) is 13.2 Å². The van der Waals surface area contributed by atoms with Crippen LogP contribution in [0.3, 0.4) is 0 Å². The Kier molecular flexibility index (Phi) is 3.38. The summed E-state index contributed by atoms with van der Waals surface area (Å²) < 4.78 is 38.2. The molecular weight excluding hydrogens is 267 g/mol. The molecule has 1 heterocycles. The second-order valence-electron chi connectivity index (χ2n) is 3.41. The van der Waals surface area contributed by atoms with E-state index < -0.39 is 11.7 Å². The number of rotatable bonds is 2. The van der Waals surface area contributed by atoms with Crippen molar-refractivity contribution in [1.29, 1.82) is 0 Å². The molecule has 0 fully saturated rings. The van der Waals surface area contributed by atoms with Crippen molar-refractivity contribution in [3.05, 3.63) is 47.1 Å². The fourth-order valence-electron chi connectivity index (χ4n) is 1.36. The molecule has 1 N–H and O–H groups in total. The van der Waals surface area contributed by atoms with Gasteiger partial charge in [-0.05, 0) is 24.3 Å². The van der Waals surface area contributed by atoms with E-state index >= 15 is 0 Å². The van der Waals surface area contributed by atoms with Gasteiger partial charge in [-0.1, -0.05) is 23.7 Å². The van der Waals surface area contributed by atoms with Crippen LogP contribution in [0.1, 0.15) is 5.56 Å². The summed E-state index contributed by atoms with van der Waals surface area (Å²) in [6, 6.07) is 8.02. The molecule has 3 nitrogen and oxygen atoms in total. The molecule has 2 aromatic rings. The predicted molar refractivity (Wildman–Crippen MR) is 61.8 cm³/mol. The Bertz CT molecular complexity index is 540. The Morgan fingerprint density at radius 2 is 1.72 bits per heavy atom. The number of aromatic nitrogens is 2. The average Bonchev–Trinajstić information content (AvgIpc) is 2.31. The van der Waals surface area contributed by atoms with Crippen molar-refractivity contribution < 1.29 is 13.2 Å². The highest BCUT2D eigenvalue weighted by molar-refractivity contribution is 6.29. The third-order valence-corrected chi connectivity index (χ3v) is 2.33. The van der Waals surface area contributed by atoms with E-state index in [0.29, 0.717) is 0 Å². The Morgan fingerprint density at radius 1 is 1.00 bits per heavy atom. The van der Waals surface area contributed by atoms with Crippen molar-refractivity contribution in [2.45, 2.75) is 6.18 Å². The molecule has 0 atom stereocenters. The lowest BCUT2D eigenvalue weighted by atomic mass is 10.1. The molecule has 0 saturated carbocycles. The van der Waals surface area contributed by atoms with Crippen LogP contribution in [0.2, 0.25) is 5.15 Å². The van der Waals surface area contributed by atoms with Gasteiger partial charge in [-0.15, -0.1) is 10.2 Å². The van der Waals surface area contributed by atoms with E-state index in [9.17, 15) is 13.2 Å². The van der Waals surface area contributed by atoms with Gasteiger partial charge in [0.05, 0.1) is 11.3 Å². The lowest BCUT2D eigenvalue weighted by Crippen LogP contribution is -2.09. The zero-order chi connectivity index (χ0) is 13.2. The van der Waals surface area contributed by atoms with Crippen molar-refractivity contribution in [2.75, 3.05) is 5.32 Å². The molecule has 0 unspecified atom stereocenters. The van der Waals surface area contributed by atoms with E-state index in [-0.39, 0.29) is 16.7 Å². The number of alkyl halides is 3. The summed E-state index contributed by atoms with van der Waals surface area (Å²) in [5.74, 6) is 0.191. The molecular formula is C11H7ClF3N3. The van der Waals surface area contributed by atoms with E-state index in [2.05, 4.69) is 15.5 Å². The first kappa shape index (κ1) is 12.6. The van der Waals surface area contributed by atoms with Crippen LogP contribution in [0, 0.1) is 0 Å². The van der Waals surface area contributed by atoms with Crippen LogP contribution in [0.25, 0.3) is 0 Å². The van der Waals surface area contributed by atoms with E-state index in [1.165, 1.54) is 30.3 Å². The van der Waals surface area contributed by atoms with Gasteiger partial charge in [0.25, 0.3) is 0 Å². The Labute approximate surface area is 106 Å². The highest BCUT2D eigenvalue weighted by Crippen LogP contribution is 2.35. The second-order valence-corrected chi connectivity index (χ2v) is 3.80. The molecule has 0 amide bonds. The van der Waals surface area contributed by atoms with Gasteiger partial charge >= 0.3 is 6.18 Å². The van der Waals surface area contributed by atoms with Crippen LogP contribution in [0.5, 0.6) is 0 Å². The first-order valence-electron chi connectivity index (χ1n) is 4.89. The highest BCUT2D eigenvalue weighted by atomic mass is 35.5. The maximum atomic E-state index is 12.7. The maximum Gasteiger partial charge on any atom is 0.418 e. The van der Waals surface area contributed by atoms with Crippen LogP contribution >= 0.6 is 11.6 Å². The Balaban J connectivity index is 2.32. The summed E-state index contributed by atoms with van der Waals surface area (Å²) in [5.41, 5.74) is -0.844. The van der Waals surface area contributed by atoms with Crippen LogP contribution in [0.4, 0.5) is 24.7 Å². The van der Waals surface area contributed by atoms with E-state index in [4.69, 9.17) is 11.6 Å². The molecule has 0 aliphatic rings. The molecule has 94 valence electrons. The largest absolute Gasteiger partial charge is 0.418 e. The van der Waals surface area contributed by atoms with E-state index in [1.54, 1.807) is 0 Å². The normalized spacial score (nSPS) is 11.3. The summed E-state index contributed by atoms with van der Waals surface area (Å²) in [6.45, 7) is 0. The van der Waals surface area contributed by atoms with Crippen molar-refractivity contribution in [3.63, 3.8) is 0 Å². The third-order valence-electron chi connectivity index (χ3n) is 2.13. The smallest absolute Gasteiger partial charge is 0.338 e. The predicted octanol–water partition coefficient (Wildman–Crippen LogP) is 3.89. The van der Waals surface area contributed by atoms with Crippen LogP contribution < -0.4 is 5.32 Å². The highest BCUT2D eigenvalue weighted by Gasteiger charge is 2.33. The van der Waals surface area contributed by atoms with Gasteiger partial charge in [0.1, 0.15) is 0 Å². The van der Waals surface area contributed by atoms with Crippen LogP contribution in [0.15, 0.2) is 36.4 Å². The van der Waals surface area contributed by atoms with Crippen LogP contribution in [-0.4, -0.2) is 10.2 Å². The number of anilines is 2. The maximum absolute atomic E-state index is 12.7. The third kappa shape index (κ3) is 2.89. The van der Waals surface area contributed by atoms with E-state index in [1.807, 2.05) is 0 Å². The Morgan fingerprint density at radius 3 is 2.33 bits per heavy atom. The minimum absolute atomic E-state index is 0.0818. The minimum Gasteiger partial charge on any atom is -0.338 e. The van der Waals surface area contributed by atoms with Crippen molar-refractivity contribution >= 4 is 23.1 Å². The number of hydrogen-bond donors (Lipinski definition) is 1. The number of nitrogens with one attached hydrogen (secondary N) is 1. The molecule has 1 aromatic heterocycles. The van der Waals surface area contributed by atoms with Gasteiger partial charge in [-0.3, -0.25) is 0 Å². The molecule has 0 saturated heterocycles. The SMILES string of the molecule is FC(F)(F)c1ccccc1Nc1ccc(Cl)nn1. The van der Waals surface area contributed by atoms with Gasteiger partial charge in [-0.25, -0.2) is 0 Å². The zero-order valence-electron chi connectivity index (χ0n) is 8.87. The molecule has 7 heteroatoms. The molecule has 2 rings (SSSR count). The molecule has 0 aliphatic carbocycles. The van der Waals surface area contributed by atoms with Crippen molar-refractivity contribution in [2.24, 2.45) is 0 Å². The quantitative estimate of drug-likeness (QED) is 0.902. The molecule has 0 bridgehead atoms. The zero-order valence-corrected chi connectivity index (χ0v) is 9.63. The number of hydrogen-bond acceptors (Lipinski definition) is 3. The first-order valence-corrected chi connectivity index (χ1v) is 5.27. The topological polar surface area (TPSA) is 37.8 Å². The monoisotopic (exact) mass is 273 g/mol. The molecule has 1 aromatic carbocycles. The molecule has 0 radical (unpaired) electrons. The average molecular weight is 274 g/mol. The molecule has 0 spiro atoms. The summed E-state index contributed by atoms with van der Waals surface area (Å²) in [4.78, 5) is 0. The summed E-state index contributed by atoms with van der Waals surface area (Å²) in [5, 5.41) is 9.90.